The molecule has 0 saturated carbocycles. The van der Waals surface area contributed by atoms with E-state index in [9.17, 15) is 9.90 Å². The number of methoxy groups -OCH3 is 1. The fourth-order valence-corrected chi connectivity index (χ4v) is 2.81. The Balaban J connectivity index is 2.00. The summed E-state index contributed by atoms with van der Waals surface area (Å²) < 4.78 is 5.11. The van der Waals surface area contributed by atoms with Gasteiger partial charge in [0.1, 0.15) is 5.75 Å². The van der Waals surface area contributed by atoms with Crippen LogP contribution in [-0.4, -0.2) is 67.3 Å². The summed E-state index contributed by atoms with van der Waals surface area (Å²) in [6.07, 6.45) is 0.613. The zero-order valence-corrected chi connectivity index (χ0v) is 13.0. The number of aliphatic hydroxyl groups is 1. The maximum absolute atomic E-state index is 12.5. The van der Waals surface area contributed by atoms with Crippen LogP contribution in [0.4, 0.5) is 0 Å². The summed E-state index contributed by atoms with van der Waals surface area (Å²) in [5, 5.41) is 9.84. The third-order valence-electron chi connectivity index (χ3n) is 3.80. The average molecular weight is 292 g/mol. The second-order valence-electron chi connectivity index (χ2n) is 5.88. The third kappa shape index (κ3) is 4.19. The molecule has 0 aliphatic carbocycles. The largest absolute Gasteiger partial charge is 0.497 e. The molecule has 116 valence electrons. The van der Waals surface area contributed by atoms with Gasteiger partial charge in [0.25, 0.3) is 0 Å². The van der Waals surface area contributed by atoms with Crippen LogP contribution in [0.25, 0.3) is 0 Å². The molecule has 1 saturated heterocycles. The van der Waals surface area contributed by atoms with Gasteiger partial charge in [-0.25, -0.2) is 0 Å². The Morgan fingerprint density at radius 1 is 1.38 bits per heavy atom. The highest BCUT2D eigenvalue weighted by atomic mass is 16.5. The number of aliphatic hydroxyl groups excluding tert-OH is 1. The summed E-state index contributed by atoms with van der Waals surface area (Å²) >= 11 is 0. The van der Waals surface area contributed by atoms with E-state index in [1.54, 1.807) is 7.11 Å². The zero-order chi connectivity index (χ0) is 15.4. The van der Waals surface area contributed by atoms with Crippen molar-refractivity contribution < 1.29 is 14.6 Å². The Labute approximate surface area is 126 Å². The second kappa shape index (κ2) is 6.91. The van der Waals surface area contributed by atoms with Crippen LogP contribution in [-0.2, 0) is 11.2 Å². The highest BCUT2D eigenvalue weighted by Gasteiger charge is 2.34. The van der Waals surface area contributed by atoms with Gasteiger partial charge in [0.2, 0.25) is 5.91 Å². The number of β-amino-alcohol motifs (C(OH)–C–C–N with tert-alkyl or cyclic N) is 1. The van der Waals surface area contributed by atoms with E-state index in [1.807, 2.05) is 43.3 Å². The topological polar surface area (TPSA) is 53.0 Å². The fourth-order valence-electron chi connectivity index (χ4n) is 2.81. The molecule has 1 aliphatic heterocycles. The molecular formula is C16H24N2O3. The molecule has 5 heteroatoms. The van der Waals surface area contributed by atoms with Crippen molar-refractivity contribution in [1.29, 1.82) is 0 Å². The van der Waals surface area contributed by atoms with Gasteiger partial charge in [0, 0.05) is 19.1 Å². The van der Waals surface area contributed by atoms with E-state index in [4.69, 9.17) is 4.74 Å². The van der Waals surface area contributed by atoms with Gasteiger partial charge in [-0.1, -0.05) is 12.1 Å². The fraction of sp³-hybridized carbons (Fsp3) is 0.562. The molecule has 5 nitrogen and oxygen atoms in total. The molecule has 1 heterocycles. The molecular weight excluding hydrogens is 268 g/mol. The molecule has 0 bridgehead atoms. The minimum atomic E-state index is -0.408. The van der Waals surface area contributed by atoms with Gasteiger partial charge in [0.15, 0.2) is 0 Å². The summed E-state index contributed by atoms with van der Waals surface area (Å²) in [5.74, 6) is 0.858. The maximum Gasteiger partial charge on any atom is 0.227 e. The predicted molar refractivity (Wildman–Crippen MR) is 81.4 cm³/mol. The Morgan fingerprint density at radius 3 is 2.62 bits per heavy atom. The van der Waals surface area contributed by atoms with Crippen LogP contribution in [0.1, 0.15) is 12.0 Å². The quantitative estimate of drug-likeness (QED) is 0.870. The monoisotopic (exact) mass is 292 g/mol. The van der Waals surface area contributed by atoms with Crippen LogP contribution in [0.2, 0.25) is 0 Å². The summed E-state index contributed by atoms with van der Waals surface area (Å²) in [6.45, 7) is 1.22. The minimum Gasteiger partial charge on any atom is -0.497 e. The minimum absolute atomic E-state index is 0.0727. The van der Waals surface area contributed by atoms with Crippen LogP contribution >= 0.6 is 0 Å². The highest BCUT2D eigenvalue weighted by molar-refractivity contribution is 5.79. The third-order valence-corrected chi connectivity index (χ3v) is 3.80. The molecule has 2 unspecified atom stereocenters. The number of rotatable bonds is 5. The number of hydrogen-bond acceptors (Lipinski definition) is 4. The first kappa shape index (κ1) is 15.8. The Kier molecular flexibility index (Phi) is 5.20. The van der Waals surface area contributed by atoms with Gasteiger partial charge in [-0.3, -0.25) is 4.79 Å². The molecule has 1 fully saturated rings. The van der Waals surface area contributed by atoms with Crippen LogP contribution in [0.5, 0.6) is 5.75 Å². The SMILES string of the molecule is COc1ccc(CC(=O)N2CC(O)CC2CN(C)C)cc1. The number of carbonyl (C=O) groups is 1. The molecule has 0 spiro atoms. The summed E-state index contributed by atoms with van der Waals surface area (Å²) in [7, 11) is 5.59. The lowest BCUT2D eigenvalue weighted by atomic mass is 10.1. The van der Waals surface area contributed by atoms with E-state index in [0.717, 1.165) is 17.9 Å². The van der Waals surface area contributed by atoms with Crippen molar-refractivity contribution >= 4 is 5.91 Å². The number of carbonyl (C=O) groups excluding carboxylic acids is 1. The lowest BCUT2D eigenvalue weighted by Crippen LogP contribution is -2.42. The van der Waals surface area contributed by atoms with Crippen molar-refractivity contribution in [3.63, 3.8) is 0 Å². The van der Waals surface area contributed by atoms with E-state index in [0.29, 0.717) is 19.4 Å². The first-order chi connectivity index (χ1) is 9.99. The van der Waals surface area contributed by atoms with Crippen LogP contribution < -0.4 is 4.74 Å². The number of likely N-dealkylation sites (N-methyl/N-ethyl adjacent to an activating group) is 1. The Morgan fingerprint density at radius 2 is 2.05 bits per heavy atom. The van der Waals surface area contributed by atoms with E-state index in [-0.39, 0.29) is 11.9 Å². The molecule has 2 rings (SSSR count). The maximum atomic E-state index is 12.5. The first-order valence-electron chi connectivity index (χ1n) is 7.24. The standard InChI is InChI=1S/C16H24N2O3/c1-17(2)10-13-9-14(19)11-18(13)16(20)8-12-4-6-15(21-3)7-5-12/h4-7,13-14,19H,8-11H2,1-3H3. The van der Waals surface area contributed by atoms with E-state index < -0.39 is 6.10 Å². The first-order valence-corrected chi connectivity index (χ1v) is 7.24. The zero-order valence-electron chi connectivity index (χ0n) is 13.0. The van der Waals surface area contributed by atoms with Crippen LogP contribution in [0.15, 0.2) is 24.3 Å². The molecule has 2 atom stereocenters. The molecule has 0 radical (unpaired) electrons. The second-order valence-corrected chi connectivity index (χ2v) is 5.88. The highest BCUT2D eigenvalue weighted by Crippen LogP contribution is 2.20. The summed E-state index contributed by atoms with van der Waals surface area (Å²) in [5.41, 5.74) is 0.964. The molecule has 0 aromatic heterocycles. The Bertz CT molecular complexity index is 473. The van der Waals surface area contributed by atoms with Gasteiger partial charge in [-0.2, -0.15) is 0 Å². The average Bonchev–Trinajstić information content (AvgIpc) is 2.79. The molecule has 1 N–H and O–H groups in total. The normalized spacial score (nSPS) is 21.9. The lowest BCUT2D eigenvalue weighted by Gasteiger charge is -2.27. The molecule has 1 aliphatic rings. The van der Waals surface area contributed by atoms with E-state index >= 15 is 0 Å². The number of nitrogens with zero attached hydrogens (tertiary/aromatic N) is 2. The smallest absolute Gasteiger partial charge is 0.227 e. The van der Waals surface area contributed by atoms with Crippen molar-refractivity contribution in [3.8, 4) is 5.75 Å². The van der Waals surface area contributed by atoms with Gasteiger partial charge >= 0.3 is 0 Å². The lowest BCUT2D eigenvalue weighted by molar-refractivity contribution is -0.131. The number of hydrogen-bond donors (Lipinski definition) is 1. The van der Waals surface area contributed by atoms with Gasteiger partial charge in [-0.05, 0) is 38.2 Å². The van der Waals surface area contributed by atoms with Gasteiger partial charge in [-0.15, -0.1) is 0 Å². The summed E-state index contributed by atoms with van der Waals surface area (Å²) in [4.78, 5) is 16.3. The molecule has 21 heavy (non-hydrogen) atoms. The molecule has 1 aromatic carbocycles. The van der Waals surface area contributed by atoms with E-state index in [2.05, 4.69) is 4.90 Å². The predicted octanol–water partition coefficient (Wildman–Crippen LogP) is 0.761. The Hall–Kier alpha value is -1.59. The number of benzene rings is 1. The van der Waals surface area contributed by atoms with E-state index in [1.165, 1.54) is 0 Å². The van der Waals surface area contributed by atoms with Gasteiger partial charge < -0.3 is 19.6 Å². The van der Waals surface area contributed by atoms with Crippen molar-refractivity contribution in [3.05, 3.63) is 29.8 Å². The number of likely N-dealkylation sites (tertiary alicyclic amines) is 1. The number of ether oxygens (including phenoxy) is 1. The van der Waals surface area contributed by atoms with Crippen molar-refractivity contribution in [2.24, 2.45) is 0 Å². The molecule has 1 amide bonds. The van der Waals surface area contributed by atoms with Crippen molar-refractivity contribution in [2.75, 3.05) is 34.3 Å². The number of amides is 1. The van der Waals surface area contributed by atoms with Crippen LogP contribution in [0, 0.1) is 0 Å². The van der Waals surface area contributed by atoms with Crippen molar-refractivity contribution in [1.82, 2.24) is 9.80 Å². The van der Waals surface area contributed by atoms with Gasteiger partial charge in [0.05, 0.1) is 19.6 Å². The van der Waals surface area contributed by atoms with Crippen LogP contribution in [0.3, 0.4) is 0 Å². The van der Waals surface area contributed by atoms with Crippen molar-refractivity contribution in [2.45, 2.75) is 25.0 Å². The molecule has 1 aromatic rings. The summed E-state index contributed by atoms with van der Waals surface area (Å²) in [6, 6.07) is 7.63.